The molecule has 2 unspecified atom stereocenters. The average Bonchev–Trinajstić information content (AvgIpc) is 3.06. The Labute approximate surface area is 150 Å². The van der Waals surface area contributed by atoms with Gasteiger partial charge in [-0.05, 0) is 36.6 Å². The third-order valence-corrected chi connectivity index (χ3v) is 5.67. The number of ether oxygens (including phenoxy) is 2. The smallest absolute Gasteiger partial charge is 0.270 e. The molecule has 2 atom stereocenters. The molecule has 2 fully saturated rings. The molecule has 132 valence electrons. The number of anilines is 1. The number of para-hydroxylation sites is 2. The summed E-state index contributed by atoms with van der Waals surface area (Å²) in [5, 5.41) is 13.4. The zero-order chi connectivity index (χ0) is 17.3. The molecule has 0 bridgehead atoms. The van der Waals surface area contributed by atoms with Crippen LogP contribution in [-0.4, -0.2) is 38.7 Å². The van der Waals surface area contributed by atoms with Crippen LogP contribution in [0.15, 0.2) is 36.4 Å². The van der Waals surface area contributed by atoms with E-state index in [0.29, 0.717) is 18.4 Å². The molecule has 7 heteroatoms. The van der Waals surface area contributed by atoms with Gasteiger partial charge in [0.25, 0.3) is 5.79 Å². The second-order valence-electron chi connectivity index (χ2n) is 7.57. The van der Waals surface area contributed by atoms with Crippen molar-refractivity contribution in [3.8, 4) is 11.5 Å². The highest BCUT2D eigenvalue weighted by Gasteiger charge is 2.48. The summed E-state index contributed by atoms with van der Waals surface area (Å²) in [5.41, 5.74) is 0.803. The van der Waals surface area contributed by atoms with Gasteiger partial charge in [0, 0.05) is 18.9 Å². The lowest BCUT2D eigenvalue weighted by Crippen LogP contribution is -2.41. The largest absolute Gasteiger partial charge is 0.447 e. The molecule has 1 spiro atoms. The number of rotatable bonds is 2. The van der Waals surface area contributed by atoms with Crippen LogP contribution in [0.4, 0.5) is 5.82 Å². The van der Waals surface area contributed by atoms with Crippen LogP contribution in [0.5, 0.6) is 11.5 Å². The topological polar surface area (TPSA) is 64.8 Å². The van der Waals surface area contributed by atoms with Gasteiger partial charge in [-0.2, -0.15) is 4.52 Å². The van der Waals surface area contributed by atoms with Crippen LogP contribution in [0, 0.1) is 5.92 Å². The normalized spacial score (nSPS) is 25.3. The van der Waals surface area contributed by atoms with Crippen molar-refractivity contribution >= 4 is 11.5 Å². The molecular weight excluding hydrogens is 330 g/mol. The minimum Gasteiger partial charge on any atom is -0.447 e. The van der Waals surface area contributed by atoms with Crippen molar-refractivity contribution in [2.75, 3.05) is 18.0 Å². The Bertz CT molecular complexity index is 991. The monoisotopic (exact) mass is 349 g/mol. The van der Waals surface area contributed by atoms with Gasteiger partial charge in [-0.25, -0.2) is 0 Å². The van der Waals surface area contributed by atoms with Crippen LogP contribution < -0.4 is 14.4 Å². The van der Waals surface area contributed by atoms with Crippen molar-refractivity contribution in [3.63, 3.8) is 0 Å². The number of nitrogens with zero attached hydrogens (tertiary/aromatic N) is 5. The van der Waals surface area contributed by atoms with Gasteiger partial charge in [0.1, 0.15) is 5.82 Å². The Kier molecular flexibility index (Phi) is 2.69. The van der Waals surface area contributed by atoms with Gasteiger partial charge in [-0.15, -0.1) is 15.3 Å². The molecule has 4 heterocycles. The van der Waals surface area contributed by atoms with Crippen LogP contribution in [0.25, 0.3) is 5.65 Å². The van der Waals surface area contributed by atoms with E-state index in [1.807, 2.05) is 40.9 Å². The molecule has 3 aromatic rings. The van der Waals surface area contributed by atoms with E-state index in [1.54, 1.807) is 0 Å². The predicted molar refractivity (Wildman–Crippen MR) is 94.6 cm³/mol. The molecule has 7 nitrogen and oxygen atoms in total. The number of fused-ring (bicyclic) bond motifs is 2. The summed E-state index contributed by atoms with van der Waals surface area (Å²) in [7, 11) is 0. The Morgan fingerprint density at radius 3 is 2.58 bits per heavy atom. The maximum absolute atomic E-state index is 6.14. The summed E-state index contributed by atoms with van der Waals surface area (Å²) in [6, 6.07) is 11.8. The summed E-state index contributed by atoms with van der Waals surface area (Å²) < 4.78 is 14.2. The van der Waals surface area contributed by atoms with Crippen molar-refractivity contribution in [1.82, 2.24) is 19.8 Å². The maximum Gasteiger partial charge on any atom is 0.270 e. The lowest BCUT2D eigenvalue weighted by molar-refractivity contribution is -0.0578. The van der Waals surface area contributed by atoms with E-state index in [9.17, 15) is 0 Å². The molecule has 2 aliphatic heterocycles. The van der Waals surface area contributed by atoms with Crippen molar-refractivity contribution in [2.45, 2.75) is 31.5 Å². The van der Waals surface area contributed by atoms with Gasteiger partial charge < -0.3 is 14.4 Å². The van der Waals surface area contributed by atoms with E-state index in [4.69, 9.17) is 14.6 Å². The van der Waals surface area contributed by atoms with Crippen molar-refractivity contribution in [2.24, 2.45) is 5.92 Å². The van der Waals surface area contributed by atoms with E-state index in [0.717, 1.165) is 41.8 Å². The van der Waals surface area contributed by atoms with Crippen LogP contribution in [0.2, 0.25) is 0 Å². The first-order valence-corrected chi connectivity index (χ1v) is 9.15. The van der Waals surface area contributed by atoms with Crippen LogP contribution in [0.1, 0.15) is 31.5 Å². The zero-order valence-corrected chi connectivity index (χ0v) is 14.5. The second-order valence-corrected chi connectivity index (χ2v) is 7.57. The highest BCUT2D eigenvalue weighted by molar-refractivity contribution is 5.49. The fourth-order valence-corrected chi connectivity index (χ4v) is 4.03. The molecule has 1 saturated heterocycles. The number of benzene rings is 1. The Morgan fingerprint density at radius 2 is 1.85 bits per heavy atom. The van der Waals surface area contributed by atoms with Gasteiger partial charge in [-0.1, -0.05) is 19.1 Å². The summed E-state index contributed by atoms with van der Waals surface area (Å²) in [4.78, 5) is 2.21. The molecule has 26 heavy (non-hydrogen) atoms. The summed E-state index contributed by atoms with van der Waals surface area (Å²) >= 11 is 0. The van der Waals surface area contributed by atoms with E-state index in [1.165, 1.54) is 6.42 Å². The zero-order valence-electron chi connectivity index (χ0n) is 14.5. The Hall–Kier alpha value is -2.83. The van der Waals surface area contributed by atoms with E-state index in [-0.39, 0.29) is 0 Å². The summed E-state index contributed by atoms with van der Waals surface area (Å²) in [6.07, 6.45) is 1.97. The molecule has 0 N–H and O–H groups in total. The third-order valence-electron chi connectivity index (χ3n) is 5.67. The van der Waals surface area contributed by atoms with Crippen LogP contribution >= 0.6 is 0 Å². The molecule has 0 radical (unpaired) electrons. The number of hydrogen-bond acceptors (Lipinski definition) is 6. The first-order valence-electron chi connectivity index (χ1n) is 9.15. The number of hydrogen-bond donors (Lipinski definition) is 0. The molecule has 6 rings (SSSR count). The minimum atomic E-state index is -0.610. The van der Waals surface area contributed by atoms with E-state index < -0.39 is 5.79 Å². The maximum atomic E-state index is 6.14. The number of aromatic nitrogens is 4. The van der Waals surface area contributed by atoms with Gasteiger partial charge >= 0.3 is 0 Å². The van der Waals surface area contributed by atoms with Gasteiger partial charge in [0.2, 0.25) is 0 Å². The molecule has 1 aromatic carbocycles. The fraction of sp³-hybridized carbons (Fsp3) is 0.421. The Balaban J connectivity index is 1.30. The summed E-state index contributed by atoms with van der Waals surface area (Å²) in [6.45, 7) is 3.73. The van der Waals surface area contributed by atoms with Crippen molar-refractivity contribution in [1.29, 1.82) is 0 Å². The highest BCUT2D eigenvalue weighted by Crippen LogP contribution is 2.46. The molecule has 3 aliphatic rings. The Morgan fingerprint density at radius 1 is 1.08 bits per heavy atom. The van der Waals surface area contributed by atoms with Crippen LogP contribution in [-0.2, 0) is 0 Å². The molecule has 2 aromatic heterocycles. The first-order chi connectivity index (χ1) is 12.7. The molecule has 0 amide bonds. The SMILES string of the molecule is CC1CC1c1nnc2ccc(N3CCC4(C3)Oc3ccccc3O4)nn12. The first kappa shape index (κ1) is 14.4. The van der Waals surface area contributed by atoms with Crippen LogP contribution in [0.3, 0.4) is 0 Å². The van der Waals surface area contributed by atoms with E-state index in [2.05, 4.69) is 22.0 Å². The average molecular weight is 349 g/mol. The quantitative estimate of drug-likeness (QED) is 0.709. The minimum absolute atomic E-state index is 0.480. The van der Waals surface area contributed by atoms with Gasteiger partial charge in [0.05, 0.1) is 6.54 Å². The van der Waals surface area contributed by atoms with Gasteiger partial charge in [0.15, 0.2) is 23.0 Å². The second kappa shape index (κ2) is 4.87. The third kappa shape index (κ3) is 2.03. The molecule has 1 saturated carbocycles. The van der Waals surface area contributed by atoms with Crippen molar-refractivity contribution in [3.05, 3.63) is 42.2 Å². The highest BCUT2D eigenvalue weighted by atomic mass is 16.7. The summed E-state index contributed by atoms with van der Waals surface area (Å²) in [5.74, 6) is 4.07. The lowest BCUT2D eigenvalue weighted by Gasteiger charge is -2.23. The van der Waals surface area contributed by atoms with Crippen molar-refractivity contribution < 1.29 is 9.47 Å². The predicted octanol–water partition coefficient (Wildman–Crippen LogP) is 2.63. The standard InChI is InChI=1S/C19H19N5O2/c1-12-10-13(12)18-21-20-16-6-7-17(22-24(16)18)23-9-8-19(11-23)25-14-4-2-3-5-15(14)26-19/h2-7,12-13H,8-11H2,1H3. The lowest BCUT2D eigenvalue weighted by atomic mass is 10.2. The fourth-order valence-electron chi connectivity index (χ4n) is 4.03. The van der Waals surface area contributed by atoms with E-state index >= 15 is 0 Å². The molecule has 1 aliphatic carbocycles. The van der Waals surface area contributed by atoms with Gasteiger partial charge in [-0.3, -0.25) is 0 Å². The molecular formula is C19H19N5O2.